The lowest BCUT2D eigenvalue weighted by Crippen LogP contribution is -2.34. The van der Waals surface area contributed by atoms with Crippen LogP contribution in [0.25, 0.3) is 10.2 Å². The van der Waals surface area contributed by atoms with Crippen LogP contribution in [0.5, 0.6) is 0 Å². The molecule has 2 atom stereocenters. The van der Waals surface area contributed by atoms with Gasteiger partial charge < -0.3 is 10.0 Å². The third kappa shape index (κ3) is 2.97. The molecule has 0 aliphatic carbocycles. The Bertz CT molecular complexity index is 862. The maximum Gasteiger partial charge on any atom is 0.394 e. The number of aliphatic carboxylic acids is 1. The molecule has 0 aromatic carbocycles. The van der Waals surface area contributed by atoms with Gasteiger partial charge in [0.2, 0.25) is 0 Å². The summed E-state index contributed by atoms with van der Waals surface area (Å²) in [4.78, 5) is 30.1. The van der Waals surface area contributed by atoms with Crippen molar-refractivity contribution in [1.29, 1.82) is 0 Å². The number of hydrogen-bond acceptors (Lipinski definition) is 4. The Kier molecular flexibility index (Phi) is 4.22. The molecule has 134 valence electrons. The summed E-state index contributed by atoms with van der Waals surface area (Å²) in [6, 6.07) is 1.80. The van der Waals surface area contributed by atoms with Gasteiger partial charge in [0.05, 0.1) is 16.7 Å². The normalized spacial score (nSPS) is 21.1. The van der Waals surface area contributed by atoms with E-state index in [1.165, 1.54) is 0 Å². The molecule has 1 N–H and O–H groups in total. The second kappa shape index (κ2) is 5.98. The molecule has 3 heterocycles. The molecular weight excluding hydrogens is 357 g/mol. The van der Waals surface area contributed by atoms with Gasteiger partial charge in [0.15, 0.2) is 0 Å². The van der Waals surface area contributed by atoms with Gasteiger partial charge >= 0.3 is 12.1 Å². The Hall–Kier alpha value is -2.16. The summed E-state index contributed by atoms with van der Waals surface area (Å²) in [6.07, 6.45) is -3.05. The second-order valence-corrected chi connectivity index (χ2v) is 7.17. The van der Waals surface area contributed by atoms with Crippen LogP contribution in [-0.4, -0.2) is 46.1 Å². The Labute approximate surface area is 145 Å². The van der Waals surface area contributed by atoms with Gasteiger partial charge in [-0.2, -0.15) is 13.2 Å². The van der Waals surface area contributed by atoms with Crippen LogP contribution in [0.2, 0.25) is 0 Å². The zero-order valence-electron chi connectivity index (χ0n) is 13.4. The highest BCUT2D eigenvalue weighted by Gasteiger charge is 2.53. The average Bonchev–Trinajstić information content (AvgIpc) is 3.09. The number of amides is 1. The lowest BCUT2D eigenvalue weighted by molar-refractivity contribution is -0.187. The molecule has 3 rings (SSSR count). The fraction of sp³-hybridized carbons (Fsp3) is 0.438. The number of hydrogen-bond donors (Lipinski definition) is 1. The molecule has 1 aliphatic heterocycles. The Morgan fingerprint density at radius 2 is 2.00 bits per heavy atom. The molecule has 0 unspecified atom stereocenters. The number of pyridine rings is 1. The number of alkyl halides is 3. The second-order valence-electron chi connectivity index (χ2n) is 6.17. The number of aryl methyl sites for hydroxylation is 2. The van der Waals surface area contributed by atoms with Crippen molar-refractivity contribution in [2.24, 2.45) is 11.8 Å². The molecule has 0 radical (unpaired) electrons. The summed E-state index contributed by atoms with van der Waals surface area (Å²) in [7, 11) is 0. The highest BCUT2D eigenvalue weighted by atomic mass is 32.1. The molecule has 2 aromatic heterocycles. The van der Waals surface area contributed by atoms with E-state index in [0.29, 0.717) is 15.3 Å². The van der Waals surface area contributed by atoms with Gasteiger partial charge in [0, 0.05) is 24.7 Å². The number of fused-ring (bicyclic) bond motifs is 1. The van der Waals surface area contributed by atoms with Gasteiger partial charge in [-0.1, -0.05) is 0 Å². The first-order valence-corrected chi connectivity index (χ1v) is 8.36. The van der Waals surface area contributed by atoms with E-state index in [2.05, 4.69) is 4.98 Å². The number of nitrogens with zero attached hydrogens (tertiary/aromatic N) is 2. The summed E-state index contributed by atoms with van der Waals surface area (Å²) >= 11 is 1.12. The minimum Gasteiger partial charge on any atom is -0.481 e. The first-order chi connectivity index (χ1) is 11.6. The van der Waals surface area contributed by atoms with Crippen molar-refractivity contribution in [1.82, 2.24) is 9.88 Å². The third-order valence-corrected chi connectivity index (χ3v) is 5.77. The van der Waals surface area contributed by atoms with Gasteiger partial charge in [-0.3, -0.25) is 9.59 Å². The largest absolute Gasteiger partial charge is 0.481 e. The topological polar surface area (TPSA) is 70.5 Å². The molecule has 0 saturated carbocycles. The predicted octanol–water partition coefficient (Wildman–Crippen LogP) is 3.25. The van der Waals surface area contributed by atoms with Crippen molar-refractivity contribution in [2.45, 2.75) is 20.0 Å². The lowest BCUT2D eigenvalue weighted by Gasteiger charge is -2.18. The van der Waals surface area contributed by atoms with E-state index in [1.54, 1.807) is 19.2 Å². The van der Waals surface area contributed by atoms with Crippen LogP contribution in [0.4, 0.5) is 13.2 Å². The molecule has 0 spiro atoms. The van der Waals surface area contributed by atoms with Crippen molar-refractivity contribution >= 4 is 33.4 Å². The number of carboxylic acids is 1. The van der Waals surface area contributed by atoms with Crippen molar-refractivity contribution in [3.8, 4) is 0 Å². The van der Waals surface area contributed by atoms with Crippen molar-refractivity contribution in [3.05, 3.63) is 28.3 Å². The van der Waals surface area contributed by atoms with Gasteiger partial charge in [-0.05, 0) is 31.0 Å². The zero-order chi connectivity index (χ0) is 18.5. The molecule has 1 amide bonds. The summed E-state index contributed by atoms with van der Waals surface area (Å²) in [5, 5.41) is 9.89. The molecule has 0 bridgehead atoms. The summed E-state index contributed by atoms with van der Waals surface area (Å²) in [5.41, 5.74) is 1.59. The number of halogens is 3. The van der Waals surface area contributed by atoms with Crippen molar-refractivity contribution < 1.29 is 27.9 Å². The number of carbonyl (C=O) groups excluding carboxylic acids is 1. The van der Waals surface area contributed by atoms with Crippen LogP contribution in [0.3, 0.4) is 0 Å². The van der Waals surface area contributed by atoms with Crippen molar-refractivity contribution in [2.75, 3.05) is 13.1 Å². The van der Waals surface area contributed by atoms with Crippen LogP contribution < -0.4 is 0 Å². The first kappa shape index (κ1) is 17.7. The van der Waals surface area contributed by atoms with Gasteiger partial charge in [0.1, 0.15) is 4.83 Å². The number of likely N-dealkylation sites (tertiary alicyclic amines) is 1. The van der Waals surface area contributed by atoms with Crippen molar-refractivity contribution in [3.63, 3.8) is 0 Å². The highest BCUT2D eigenvalue weighted by molar-refractivity contribution is 7.20. The van der Waals surface area contributed by atoms with Crippen LogP contribution in [-0.2, 0) is 4.79 Å². The van der Waals surface area contributed by atoms with E-state index in [-0.39, 0.29) is 0 Å². The highest BCUT2D eigenvalue weighted by Crippen LogP contribution is 2.39. The maximum atomic E-state index is 13.1. The Balaban J connectivity index is 1.96. The van der Waals surface area contributed by atoms with E-state index in [0.717, 1.165) is 27.2 Å². The molecule has 2 aromatic rings. The van der Waals surface area contributed by atoms with Crippen LogP contribution in [0, 0.1) is 25.7 Å². The fourth-order valence-electron chi connectivity index (χ4n) is 3.25. The molecular formula is C16H15F3N2O3S. The molecule has 9 heteroatoms. The average molecular weight is 372 g/mol. The number of aromatic nitrogens is 1. The Morgan fingerprint density at radius 3 is 2.52 bits per heavy atom. The van der Waals surface area contributed by atoms with E-state index in [1.807, 2.05) is 6.92 Å². The number of carboxylic acid groups (broad SMARTS) is 1. The van der Waals surface area contributed by atoms with E-state index >= 15 is 0 Å². The summed E-state index contributed by atoms with van der Waals surface area (Å²) in [6.45, 7) is 2.51. The first-order valence-electron chi connectivity index (χ1n) is 7.54. The summed E-state index contributed by atoms with van der Waals surface area (Å²) < 4.78 is 39.3. The maximum absolute atomic E-state index is 13.1. The van der Waals surface area contributed by atoms with Crippen LogP contribution in [0.15, 0.2) is 12.3 Å². The third-order valence-electron chi connectivity index (χ3n) is 4.58. The fourth-order valence-corrected chi connectivity index (χ4v) is 4.45. The lowest BCUT2D eigenvalue weighted by atomic mass is 9.96. The number of carbonyl (C=O) groups is 2. The molecule has 1 fully saturated rings. The molecule has 25 heavy (non-hydrogen) atoms. The van der Waals surface area contributed by atoms with Gasteiger partial charge in [-0.15, -0.1) is 11.3 Å². The SMILES string of the molecule is Cc1ccnc2sc(C(=O)N3C[C@@H](C(F)(F)F)[C@H](C(=O)O)C3)c(C)c12. The Morgan fingerprint density at radius 1 is 1.32 bits per heavy atom. The molecule has 1 saturated heterocycles. The minimum absolute atomic E-state index is 0.309. The smallest absolute Gasteiger partial charge is 0.394 e. The van der Waals surface area contributed by atoms with E-state index in [4.69, 9.17) is 5.11 Å². The predicted molar refractivity (Wildman–Crippen MR) is 85.7 cm³/mol. The van der Waals surface area contributed by atoms with Gasteiger partial charge in [0.25, 0.3) is 5.91 Å². The minimum atomic E-state index is -4.66. The number of thiophene rings is 1. The van der Waals surface area contributed by atoms with Crippen LogP contribution in [0.1, 0.15) is 20.8 Å². The van der Waals surface area contributed by atoms with Gasteiger partial charge in [-0.25, -0.2) is 4.98 Å². The number of rotatable bonds is 2. The van der Waals surface area contributed by atoms with E-state index in [9.17, 15) is 22.8 Å². The molecule has 5 nitrogen and oxygen atoms in total. The standard InChI is InChI=1S/C16H15F3N2O3S/c1-7-3-4-20-13-11(7)8(2)12(25-13)14(22)21-5-9(15(23)24)10(6-21)16(17,18)19/h3-4,9-10H,5-6H2,1-2H3,(H,23,24)/t9-,10-/m1/s1. The molecule has 1 aliphatic rings. The van der Waals surface area contributed by atoms with Crippen LogP contribution >= 0.6 is 11.3 Å². The monoisotopic (exact) mass is 372 g/mol. The van der Waals surface area contributed by atoms with E-state index < -0.39 is 43.0 Å². The summed E-state index contributed by atoms with van der Waals surface area (Å²) in [5.74, 6) is -5.80. The quantitative estimate of drug-likeness (QED) is 0.879. The zero-order valence-corrected chi connectivity index (χ0v) is 14.2.